The van der Waals surface area contributed by atoms with Gasteiger partial charge in [-0.2, -0.15) is 8.42 Å². The summed E-state index contributed by atoms with van der Waals surface area (Å²) >= 11 is 0. The maximum Gasteiger partial charge on any atom is 0.261 e. The van der Waals surface area contributed by atoms with Crippen molar-refractivity contribution in [3.05, 3.63) is 60.2 Å². The Morgan fingerprint density at radius 1 is 1.05 bits per heavy atom. The molecule has 2 aromatic rings. The SMILES string of the molecule is CS(=O)(=O)O.Cc1ccccc1-c1[c-]cccc1.[Pd]. The molecule has 0 heterocycles. The van der Waals surface area contributed by atoms with Crippen LogP contribution in [0.25, 0.3) is 11.1 Å². The Labute approximate surface area is 128 Å². The molecule has 3 nitrogen and oxygen atoms in total. The van der Waals surface area contributed by atoms with Crippen LogP contribution in [0.5, 0.6) is 0 Å². The molecule has 0 amide bonds. The van der Waals surface area contributed by atoms with Crippen LogP contribution < -0.4 is 0 Å². The molecule has 0 aliphatic rings. The van der Waals surface area contributed by atoms with E-state index in [4.69, 9.17) is 4.55 Å². The minimum Gasteiger partial charge on any atom is -0.286 e. The van der Waals surface area contributed by atoms with Crippen molar-refractivity contribution in [2.75, 3.05) is 6.26 Å². The molecule has 0 saturated heterocycles. The van der Waals surface area contributed by atoms with Gasteiger partial charge in [-0.3, -0.25) is 4.55 Å². The summed E-state index contributed by atoms with van der Waals surface area (Å²) in [6.45, 7) is 2.12. The summed E-state index contributed by atoms with van der Waals surface area (Å²) in [5.74, 6) is 0. The van der Waals surface area contributed by atoms with Crippen molar-refractivity contribution in [2.24, 2.45) is 0 Å². The van der Waals surface area contributed by atoms with Crippen LogP contribution in [0.1, 0.15) is 5.56 Å². The molecule has 2 aromatic carbocycles. The van der Waals surface area contributed by atoms with Crippen molar-refractivity contribution in [1.29, 1.82) is 0 Å². The van der Waals surface area contributed by atoms with E-state index in [1.54, 1.807) is 0 Å². The van der Waals surface area contributed by atoms with Crippen molar-refractivity contribution in [1.82, 2.24) is 0 Å². The molecule has 0 spiro atoms. The third-order valence-corrected chi connectivity index (χ3v) is 2.14. The van der Waals surface area contributed by atoms with Gasteiger partial charge in [-0.15, -0.1) is 35.9 Å². The number of hydrogen-bond donors (Lipinski definition) is 1. The Bertz CT molecular complexity index is 587. The molecule has 5 heteroatoms. The van der Waals surface area contributed by atoms with Gasteiger partial charge in [-0.25, -0.2) is 0 Å². The zero-order chi connectivity index (χ0) is 13.6. The van der Waals surface area contributed by atoms with Crippen molar-refractivity contribution >= 4 is 10.1 Å². The summed E-state index contributed by atoms with van der Waals surface area (Å²) in [4.78, 5) is 0. The molecule has 2 rings (SSSR count). The van der Waals surface area contributed by atoms with Crippen LogP contribution >= 0.6 is 0 Å². The van der Waals surface area contributed by atoms with E-state index in [2.05, 4.69) is 43.3 Å². The van der Waals surface area contributed by atoms with Crippen molar-refractivity contribution in [3.63, 3.8) is 0 Å². The summed E-state index contributed by atoms with van der Waals surface area (Å²) < 4.78 is 25.9. The first-order valence-corrected chi connectivity index (χ1v) is 7.18. The average molecular weight is 370 g/mol. The normalized spacial score (nSPS) is 9.84. The third-order valence-electron chi connectivity index (χ3n) is 2.14. The fourth-order valence-corrected chi connectivity index (χ4v) is 1.44. The molecule has 0 fully saturated rings. The van der Waals surface area contributed by atoms with Crippen LogP contribution in [0.3, 0.4) is 0 Å². The Morgan fingerprint density at radius 3 is 2.05 bits per heavy atom. The third kappa shape index (κ3) is 7.91. The van der Waals surface area contributed by atoms with Gasteiger partial charge in [0.25, 0.3) is 10.1 Å². The van der Waals surface area contributed by atoms with Gasteiger partial charge < -0.3 is 0 Å². The average Bonchev–Trinajstić information content (AvgIpc) is 2.29. The molecule has 0 aromatic heterocycles. The summed E-state index contributed by atoms with van der Waals surface area (Å²) in [5, 5.41) is 0. The van der Waals surface area contributed by atoms with E-state index in [-0.39, 0.29) is 20.4 Å². The largest absolute Gasteiger partial charge is 0.286 e. The first kappa shape index (κ1) is 18.0. The van der Waals surface area contributed by atoms with Crippen molar-refractivity contribution in [3.8, 4) is 11.1 Å². The van der Waals surface area contributed by atoms with Gasteiger partial charge in [0.1, 0.15) is 0 Å². The summed E-state index contributed by atoms with van der Waals surface area (Å²) in [7, 11) is -3.67. The Kier molecular flexibility index (Phi) is 7.81. The minimum absolute atomic E-state index is 0. The summed E-state index contributed by atoms with van der Waals surface area (Å²) in [6.07, 6.45) is 0.715. The van der Waals surface area contributed by atoms with Crippen molar-refractivity contribution in [2.45, 2.75) is 6.92 Å². The van der Waals surface area contributed by atoms with Gasteiger partial charge in [-0.05, 0) is 6.92 Å². The fraction of sp³-hybridized carbons (Fsp3) is 0.143. The maximum absolute atomic E-state index is 9.19. The van der Waals surface area contributed by atoms with Crippen LogP contribution in [0.2, 0.25) is 0 Å². The van der Waals surface area contributed by atoms with Gasteiger partial charge in [0.05, 0.1) is 6.26 Å². The van der Waals surface area contributed by atoms with Gasteiger partial charge in [0.2, 0.25) is 0 Å². The Morgan fingerprint density at radius 2 is 1.58 bits per heavy atom. The van der Waals surface area contributed by atoms with Crippen LogP contribution in [0, 0.1) is 13.0 Å². The second-order valence-electron chi connectivity index (χ2n) is 3.82. The minimum atomic E-state index is -3.67. The topological polar surface area (TPSA) is 54.4 Å². The second-order valence-corrected chi connectivity index (χ2v) is 5.29. The Balaban J connectivity index is 0.000000471. The predicted octanol–water partition coefficient (Wildman–Crippen LogP) is 2.96. The number of rotatable bonds is 1. The molecule has 0 saturated carbocycles. The standard InChI is InChI=1S/C13H11.CH4O3S.Pd/c1-11-7-5-6-10-13(11)12-8-3-2-4-9-12;1-5(2,3)4;/h2-8,10H,1H3;1H3,(H,2,3,4);/q-1;;. The molecular weight excluding hydrogens is 355 g/mol. The van der Waals surface area contributed by atoms with Crippen LogP contribution in [0.15, 0.2) is 48.5 Å². The maximum atomic E-state index is 9.19. The number of aryl methyl sites for hydroxylation is 1. The smallest absolute Gasteiger partial charge is 0.261 e. The van der Waals surface area contributed by atoms with Crippen LogP contribution in [-0.4, -0.2) is 19.2 Å². The van der Waals surface area contributed by atoms with Crippen LogP contribution in [-0.2, 0) is 30.5 Å². The van der Waals surface area contributed by atoms with Gasteiger partial charge in [0, 0.05) is 20.4 Å². The molecule has 0 radical (unpaired) electrons. The van der Waals surface area contributed by atoms with Gasteiger partial charge >= 0.3 is 0 Å². The van der Waals surface area contributed by atoms with E-state index in [0.717, 1.165) is 0 Å². The summed E-state index contributed by atoms with van der Waals surface area (Å²) in [6, 6.07) is 19.6. The van der Waals surface area contributed by atoms with E-state index in [9.17, 15) is 8.42 Å². The fourth-order valence-electron chi connectivity index (χ4n) is 1.44. The van der Waals surface area contributed by atoms with Gasteiger partial charge in [-0.1, -0.05) is 35.4 Å². The molecule has 106 valence electrons. The number of benzene rings is 2. The first-order valence-electron chi connectivity index (χ1n) is 5.33. The zero-order valence-corrected chi connectivity index (χ0v) is 13.0. The predicted molar refractivity (Wildman–Crippen MR) is 72.9 cm³/mol. The Hall–Kier alpha value is -0.988. The zero-order valence-electron chi connectivity index (χ0n) is 10.6. The van der Waals surface area contributed by atoms with Gasteiger partial charge in [0.15, 0.2) is 0 Å². The molecule has 0 bridgehead atoms. The quantitative estimate of drug-likeness (QED) is 0.477. The molecule has 0 unspecified atom stereocenters. The van der Waals surface area contributed by atoms with E-state index in [0.29, 0.717) is 6.26 Å². The molecule has 0 aliphatic carbocycles. The van der Waals surface area contributed by atoms with Crippen LogP contribution in [0.4, 0.5) is 0 Å². The monoisotopic (exact) mass is 369 g/mol. The molecule has 0 atom stereocenters. The van der Waals surface area contributed by atoms with E-state index < -0.39 is 10.1 Å². The molecule has 1 N–H and O–H groups in total. The van der Waals surface area contributed by atoms with E-state index in [1.807, 2.05) is 18.2 Å². The number of hydrogen-bond acceptors (Lipinski definition) is 2. The molecular formula is C14H15O3PdS-. The summed E-state index contributed by atoms with van der Waals surface area (Å²) in [5.41, 5.74) is 3.73. The van der Waals surface area contributed by atoms with Crippen molar-refractivity contribution < 1.29 is 33.4 Å². The van der Waals surface area contributed by atoms with E-state index in [1.165, 1.54) is 16.7 Å². The second kappa shape index (κ2) is 8.24. The first-order chi connectivity index (χ1) is 8.38. The van der Waals surface area contributed by atoms with E-state index >= 15 is 0 Å². The molecule has 19 heavy (non-hydrogen) atoms. The molecule has 0 aliphatic heterocycles.